The second kappa shape index (κ2) is 5.64. The molecule has 1 saturated carbocycles. The zero-order valence-corrected chi connectivity index (χ0v) is 12.7. The summed E-state index contributed by atoms with van der Waals surface area (Å²) in [5, 5.41) is 3.04. The highest BCUT2D eigenvalue weighted by Crippen LogP contribution is 2.28. The molecule has 1 aliphatic carbocycles. The van der Waals surface area contributed by atoms with Crippen LogP contribution in [-0.4, -0.2) is 37.9 Å². The van der Waals surface area contributed by atoms with Crippen LogP contribution in [0.5, 0.6) is 0 Å². The number of rotatable bonds is 6. The monoisotopic (exact) mass is 285 g/mol. The summed E-state index contributed by atoms with van der Waals surface area (Å²) in [5.74, 6) is 0.542. The summed E-state index contributed by atoms with van der Waals surface area (Å²) in [6.45, 7) is 1.30. The smallest absolute Gasteiger partial charge is 0.244 e. The highest BCUT2D eigenvalue weighted by molar-refractivity contribution is 7.89. The molecule has 1 N–H and O–H groups in total. The zero-order chi connectivity index (χ0) is 14.0. The summed E-state index contributed by atoms with van der Waals surface area (Å²) in [4.78, 5) is 0.391. The molecule has 1 aromatic heterocycles. The van der Waals surface area contributed by atoms with Crippen molar-refractivity contribution in [2.24, 2.45) is 13.0 Å². The van der Waals surface area contributed by atoms with Gasteiger partial charge in [-0.2, -0.15) is 0 Å². The van der Waals surface area contributed by atoms with Gasteiger partial charge in [0.2, 0.25) is 10.0 Å². The predicted molar refractivity (Wildman–Crippen MR) is 75.3 cm³/mol. The van der Waals surface area contributed by atoms with Crippen molar-refractivity contribution >= 4 is 10.0 Å². The first-order valence-electron chi connectivity index (χ1n) is 6.71. The molecular weight excluding hydrogens is 262 g/mol. The van der Waals surface area contributed by atoms with E-state index in [1.807, 2.05) is 18.7 Å². The molecule has 0 amide bonds. The molecule has 5 nitrogen and oxygen atoms in total. The van der Waals surface area contributed by atoms with Gasteiger partial charge in [-0.3, -0.25) is 0 Å². The van der Waals surface area contributed by atoms with Gasteiger partial charge in [0.05, 0.1) is 0 Å². The summed E-state index contributed by atoms with van der Waals surface area (Å²) in [6.07, 6.45) is 5.23. The maximum absolute atomic E-state index is 12.5. The fraction of sp³-hybridized carbons (Fsp3) is 0.692. The molecule has 0 atom stereocenters. The van der Waals surface area contributed by atoms with Crippen molar-refractivity contribution in [2.45, 2.75) is 30.7 Å². The van der Waals surface area contributed by atoms with Gasteiger partial charge in [-0.15, -0.1) is 0 Å². The highest BCUT2D eigenvalue weighted by Gasteiger charge is 2.27. The van der Waals surface area contributed by atoms with Crippen molar-refractivity contribution in [3.05, 3.63) is 18.0 Å². The zero-order valence-electron chi connectivity index (χ0n) is 11.9. The number of aromatic nitrogens is 1. The second-order valence-electron chi connectivity index (χ2n) is 5.39. The molecule has 2 rings (SSSR count). The van der Waals surface area contributed by atoms with Crippen LogP contribution in [0.3, 0.4) is 0 Å². The largest absolute Gasteiger partial charge is 0.352 e. The Morgan fingerprint density at radius 1 is 1.47 bits per heavy atom. The Hall–Kier alpha value is -0.850. The molecule has 1 aromatic rings. The normalized spacial score (nSPS) is 16.8. The lowest BCUT2D eigenvalue weighted by atomic mass is 9.86. The van der Waals surface area contributed by atoms with Crippen molar-refractivity contribution < 1.29 is 8.42 Å². The van der Waals surface area contributed by atoms with Crippen LogP contribution in [0.2, 0.25) is 0 Å². The first-order chi connectivity index (χ1) is 8.95. The van der Waals surface area contributed by atoms with E-state index in [9.17, 15) is 8.42 Å². The van der Waals surface area contributed by atoms with Crippen LogP contribution in [0, 0.1) is 5.92 Å². The Bertz CT molecular complexity index is 532. The van der Waals surface area contributed by atoms with Gasteiger partial charge in [0.15, 0.2) is 0 Å². The van der Waals surface area contributed by atoms with E-state index in [2.05, 4.69) is 5.32 Å². The summed E-state index contributed by atoms with van der Waals surface area (Å²) in [5.41, 5.74) is 0.970. The van der Waals surface area contributed by atoms with Crippen LogP contribution in [0.15, 0.2) is 17.2 Å². The number of hydrogen-bond acceptors (Lipinski definition) is 3. The minimum absolute atomic E-state index is 0.391. The van der Waals surface area contributed by atoms with E-state index in [-0.39, 0.29) is 0 Å². The van der Waals surface area contributed by atoms with Crippen molar-refractivity contribution in [1.29, 1.82) is 0 Å². The SMILES string of the molecule is CNCc1cc(S(=O)(=O)N(C)CC2CCC2)cn1C. The quantitative estimate of drug-likeness (QED) is 0.853. The molecular formula is C13H23N3O2S. The fourth-order valence-corrected chi connectivity index (χ4v) is 3.74. The Kier molecular flexibility index (Phi) is 4.32. The number of nitrogens with one attached hydrogen (secondary N) is 1. The average Bonchev–Trinajstić information content (AvgIpc) is 2.66. The Balaban J connectivity index is 2.15. The van der Waals surface area contributed by atoms with Gasteiger partial charge in [-0.1, -0.05) is 6.42 Å². The fourth-order valence-electron chi connectivity index (χ4n) is 2.39. The van der Waals surface area contributed by atoms with Gasteiger partial charge < -0.3 is 9.88 Å². The van der Waals surface area contributed by atoms with Crippen molar-refractivity contribution in [3.8, 4) is 0 Å². The molecule has 0 aliphatic heterocycles. The van der Waals surface area contributed by atoms with Gasteiger partial charge in [0.25, 0.3) is 0 Å². The molecule has 0 saturated heterocycles. The minimum atomic E-state index is -3.35. The van der Waals surface area contributed by atoms with Gasteiger partial charge in [-0.25, -0.2) is 12.7 Å². The number of hydrogen-bond donors (Lipinski definition) is 1. The first kappa shape index (κ1) is 14.6. The van der Waals surface area contributed by atoms with Crippen LogP contribution in [0.4, 0.5) is 0 Å². The maximum Gasteiger partial charge on any atom is 0.244 e. The number of aryl methyl sites for hydroxylation is 1. The molecule has 0 bridgehead atoms. The van der Waals surface area contributed by atoms with Crippen LogP contribution in [0.25, 0.3) is 0 Å². The summed E-state index contributed by atoms with van der Waals surface area (Å²) in [6, 6.07) is 1.75. The second-order valence-corrected chi connectivity index (χ2v) is 7.44. The van der Waals surface area contributed by atoms with Crippen LogP contribution < -0.4 is 5.32 Å². The van der Waals surface area contributed by atoms with Crippen LogP contribution >= 0.6 is 0 Å². The highest BCUT2D eigenvalue weighted by atomic mass is 32.2. The van der Waals surface area contributed by atoms with Crippen LogP contribution in [-0.2, 0) is 23.6 Å². The molecule has 6 heteroatoms. The van der Waals surface area contributed by atoms with E-state index in [1.54, 1.807) is 19.3 Å². The van der Waals surface area contributed by atoms with Crippen LogP contribution in [0.1, 0.15) is 25.0 Å². The topological polar surface area (TPSA) is 54.3 Å². The van der Waals surface area contributed by atoms with E-state index in [0.717, 1.165) is 18.5 Å². The minimum Gasteiger partial charge on any atom is -0.352 e. The van der Waals surface area contributed by atoms with E-state index < -0.39 is 10.0 Å². The molecule has 0 unspecified atom stereocenters. The molecule has 19 heavy (non-hydrogen) atoms. The molecule has 0 aromatic carbocycles. The lowest BCUT2D eigenvalue weighted by molar-refractivity contribution is 0.263. The summed E-state index contributed by atoms with van der Waals surface area (Å²) in [7, 11) is 2.06. The molecule has 0 radical (unpaired) electrons. The summed E-state index contributed by atoms with van der Waals surface area (Å²) < 4.78 is 28.3. The van der Waals surface area contributed by atoms with Gasteiger partial charge in [0.1, 0.15) is 4.90 Å². The Morgan fingerprint density at radius 3 is 2.68 bits per heavy atom. The van der Waals surface area contributed by atoms with Crippen molar-refractivity contribution in [3.63, 3.8) is 0 Å². The maximum atomic E-state index is 12.5. The van der Waals surface area contributed by atoms with Gasteiger partial charge >= 0.3 is 0 Å². The molecule has 108 valence electrons. The number of sulfonamides is 1. The lowest BCUT2D eigenvalue weighted by Crippen LogP contribution is -2.34. The standard InChI is InChI=1S/C13H23N3O2S/c1-14-8-12-7-13(10-15(12)2)19(17,18)16(3)9-11-5-4-6-11/h7,10-11,14H,4-6,8-9H2,1-3H3. The molecule has 1 aliphatic rings. The van der Waals surface area contributed by atoms with E-state index in [0.29, 0.717) is 23.9 Å². The van der Waals surface area contributed by atoms with E-state index in [4.69, 9.17) is 0 Å². The third kappa shape index (κ3) is 3.01. The third-order valence-corrected chi connectivity index (χ3v) is 5.68. The third-order valence-electron chi connectivity index (χ3n) is 3.89. The lowest BCUT2D eigenvalue weighted by Gasteiger charge is -2.29. The Morgan fingerprint density at radius 2 is 2.16 bits per heavy atom. The first-order valence-corrected chi connectivity index (χ1v) is 8.15. The summed E-state index contributed by atoms with van der Waals surface area (Å²) >= 11 is 0. The Labute approximate surface area is 115 Å². The predicted octanol–water partition coefficient (Wildman–Crippen LogP) is 1.17. The molecule has 1 fully saturated rings. The molecule has 1 heterocycles. The van der Waals surface area contributed by atoms with Gasteiger partial charge in [0, 0.05) is 39.1 Å². The number of nitrogens with zero attached hydrogens (tertiary/aromatic N) is 2. The van der Waals surface area contributed by atoms with E-state index >= 15 is 0 Å². The van der Waals surface area contributed by atoms with Gasteiger partial charge in [-0.05, 0) is 31.9 Å². The van der Waals surface area contributed by atoms with Crippen molar-refractivity contribution in [1.82, 2.24) is 14.2 Å². The molecule has 0 spiro atoms. The van der Waals surface area contributed by atoms with Crippen molar-refractivity contribution in [2.75, 3.05) is 20.6 Å². The average molecular weight is 285 g/mol. The van der Waals surface area contributed by atoms with E-state index in [1.165, 1.54) is 10.7 Å².